The average Bonchev–Trinajstić information content (AvgIpc) is 2.54. The summed E-state index contributed by atoms with van der Waals surface area (Å²) in [4.78, 5) is 15.4. The molecule has 3 aromatic rings. The molecule has 1 aromatic heterocycles. The van der Waals surface area contributed by atoms with Gasteiger partial charge in [0.1, 0.15) is 17.5 Å². The molecule has 0 aliphatic rings. The number of pyridine rings is 1. The van der Waals surface area contributed by atoms with Crippen LogP contribution in [0, 0.1) is 0 Å². The molecule has 0 spiro atoms. The van der Waals surface area contributed by atoms with Gasteiger partial charge in [-0.1, -0.05) is 29.8 Å². The Morgan fingerprint density at radius 1 is 1.17 bits per heavy atom. The molecular weight excluding hydrogens is 312 g/mol. The lowest BCUT2D eigenvalue weighted by molar-refractivity contribution is -0.114. The number of nitrogens with zero attached hydrogens (tertiary/aromatic N) is 1. The number of rotatable bonds is 4. The Bertz CT molecular complexity index is 847. The molecule has 0 saturated heterocycles. The summed E-state index contributed by atoms with van der Waals surface area (Å²) in [5, 5.41) is 4.18. The largest absolute Gasteiger partial charge is 0.489 e. The number of ether oxygens (including phenoxy) is 1. The van der Waals surface area contributed by atoms with Crippen LogP contribution in [0.2, 0.25) is 5.15 Å². The SMILES string of the molecule is CC(=O)Nc1ccc(OCc2cc3ccccc3nc2Cl)cc1. The maximum absolute atomic E-state index is 11.0. The topological polar surface area (TPSA) is 51.2 Å². The highest BCUT2D eigenvalue weighted by Gasteiger charge is 2.06. The molecule has 2 aromatic carbocycles. The molecule has 0 aliphatic carbocycles. The van der Waals surface area contributed by atoms with Crippen LogP contribution >= 0.6 is 11.6 Å². The van der Waals surface area contributed by atoms with E-state index >= 15 is 0 Å². The van der Waals surface area contributed by atoms with Crippen LogP contribution in [-0.4, -0.2) is 10.9 Å². The highest BCUT2D eigenvalue weighted by molar-refractivity contribution is 6.30. The van der Waals surface area contributed by atoms with E-state index in [1.54, 1.807) is 24.3 Å². The molecule has 0 atom stereocenters. The second-order valence-electron chi connectivity index (χ2n) is 5.13. The summed E-state index contributed by atoms with van der Waals surface area (Å²) in [6.45, 7) is 1.80. The van der Waals surface area contributed by atoms with Crippen molar-refractivity contribution < 1.29 is 9.53 Å². The summed E-state index contributed by atoms with van der Waals surface area (Å²) in [6, 6.07) is 17.0. The molecule has 0 saturated carbocycles. The Kier molecular flexibility index (Phi) is 4.44. The second kappa shape index (κ2) is 6.67. The van der Waals surface area contributed by atoms with E-state index in [1.165, 1.54) is 6.92 Å². The molecule has 1 N–H and O–H groups in total. The van der Waals surface area contributed by atoms with Gasteiger partial charge in [0.2, 0.25) is 5.91 Å². The molecule has 0 fully saturated rings. The molecule has 4 nitrogen and oxygen atoms in total. The van der Waals surface area contributed by atoms with Crippen LogP contribution in [0.4, 0.5) is 5.69 Å². The molecule has 3 rings (SSSR count). The summed E-state index contributed by atoms with van der Waals surface area (Å²) >= 11 is 6.21. The van der Waals surface area contributed by atoms with Gasteiger partial charge in [0.05, 0.1) is 5.52 Å². The third-order valence-corrected chi connectivity index (χ3v) is 3.65. The van der Waals surface area contributed by atoms with Crippen LogP contribution in [0.1, 0.15) is 12.5 Å². The van der Waals surface area contributed by atoms with Gasteiger partial charge in [-0.25, -0.2) is 4.98 Å². The van der Waals surface area contributed by atoms with Crippen molar-refractivity contribution in [1.29, 1.82) is 0 Å². The smallest absolute Gasteiger partial charge is 0.221 e. The van der Waals surface area contributed by atoms with E-state index in [2.05, 4.69) is 10.3 Å². The Balaban J connectivity index is 1.72. The molecular formula is C18H15ClN2O2. The summed E-state index contributed by atoms with van der Waals surface area (Å²) in [7, 11) is 0. The number of para-hydroxylation sites is 1. The fourth-order valence-corrected chi connectivity index (χ4v) is 2.44. The first-order valence-electron chi connectivity index (χ1n) is 7.16. The first-order chi connectivity index (χ1) is 11.1. The molecule has 0 bridgehead atoms. The number of hydrogen-bond acceptors (Lipinski definition) is 3. The lowest BCUT2D eigenvalue weighted by Gasteiger charge is -2.09. The van der Waals surface area contributed by atoms with Gasteiger partial charge in [0, 0.05) is 23.6 Å². The Hall–Kier alpha value is -2.59. The number of benzene rings is 2. The Labute approximate surface area is 139 Å². The summed E-state index contributed by atoms with van der Waals surface area (Å²) in [5.74, 6) is 0.594. The van der Waals surface area contributed by atoms with Crippen molar-refractivity contribution in [3.63, 3.8) is 0 Å². The number of carbonyl (C=O) groups is 1. The molecule has 1 amide bonds. The number of anilines is 1. The van der Waals surface area contributed by atoms with Crippen LogP contribution in [0.25, 0.3) is 10.9 Å². The van der Waals surface area contributed by atoms with Crippen LogP contribution in [0.5, 0.6) is 5.75 Å². The number of halogens is 1. The first kappa shape index (κ1) is 15.3. The number of amides is 1. The minimum absolute atomic E-state index is 0.104. The van der Waals surface area contributed by atoms with Gasteiger partial charge >= 0.3 is 0 Å². The Morgan fingerprint density at radius 2 is 1.91 bits per heavy atom. The summed E-state index contributed by atoms with van der Waals surface area (Å²) < 4.78 is 5.74. The van der Waals surface area contributed by atoms with Crippen molar-refractivity contribution in [3.05, 3.63) is 65.3 Å². The highest BCUT2D eigenvalue weighted by Crippen LogP contribution is 2.23. The second-order valence-corrected chi connectivity index (χ2v) is 5.48. The van der Waals surface area contributed by atoms with Gasteiger partial charge in [-0.3, -0.25) is 4.79 Å². The van der Waals surface area contributed by atoms with Crippen molar-refractivity contribution in [1.82, 2.24) is 4.98 Å². The van der Waals surface area contributed by atoms with Crippen molar-refractivity contribution in [3.8, 4) is 5.75 Å². The van der Waals surface area contributed by atoms with Crippen molar-refractivity contribution in [2.24, 2.45) is 0 Å². The normalized spacial score (nSPS) is 10.5. The maximum Gasteiger partial charge on any atom is 0.221 e. The average molecular weight is 327 g/mol. The third-order valence-electron chi connectivity index (χ3n) is 3.32. The molecule has 0 radical (unpaired) electrons. The summed E-state index contributed by atoms with van der Waals surface area (Å²) in [6.07, 6.45) is 0. The fourth-order valence-electron chi connectivity index (χ4n) is 2.24. The van der Waals surface area contributed by atoms with Crippen molar-refractivity contribution >= 4 is 34.1 Å². The van der Waals surface area contributed by atoms with Gasteiger partial charge in [0.15, 0.2) is 0 Å². The van der Waals surface area contributed by atoms with E-state index < -0.39 is 0 Å². The quantitative estimate of drug-likeness (QED) is 0.722. The standard InChI is InChI=1S/C18H15ClN2O2/c1-12(22)20-15-6-8-16(9-7-15)23-11-14-10-13-4-2-3-5-17(13)21-18(14)19/h2-10H,11H2,1H3,(H,20,22). The van der Waals surface area contributed by atoms with E-state index in [4.69, 9.17) is 16.3 Å². The third kappa shape index (κ3) is 3.79. The number of aromatic nitrogens is 1. The van der Waals surface area contributed by atoms with Crippen LogP contribution in [0.3, 0.4) is 0 Å². The van der Waals surface area contributed by atoms with Gasteiger partial charge in [-0.05, 0) is 36.4 Å². The predicted octanol–water partition coefficient (Wildman–Crippen LogP) is 4.43. The molecule has 23 heavy (non-hydrogen) atoms. The van der Waals surface area contributed by atoms with Gasteiger partial charge < -0.3 is 10.1 Å². The number of carbonyl (C=O) groups excluding carboxylic acids is 1. The van der Waals surface area contributed by atoms with E-state index in [0.29, 0.717) is 17.5 Å². The molecule has 0 aliphatic heterocycles. The molecule has 1 heterocycles. The zero-order valence-corrected chi connectivity index (χ0v) is 13.3. The van der Waals surface area contributed by atoms with E-state index in [9.17, 15) is 4.79 Å². The van der Waals surface area contributed by atoms with Crippen LogP contribution in [-0.2, 0) is 11.4 Å². The first-order valence-corrected chi connectivity index (χ1v) is 7.54. The number of nitrogens with one attached hydrogen (secondary N) is 1. The van der Waals surface area contributed by atoms with E-state index in [1.807, 2.05) is 30.3 Å². The highest BCUT2D eigenvalue weighted by atomic mass is 35.5. The monoisotopic (exact) mass is 326 g/mol. The number of fused-ring (bicyclic) bond motifs is 1. The van der Waals surface area contributed by atoms with Gasteiger partial charge in [-0.2, -0.15) is 0 Å². The van der Waals surface area contributed by atoms with Crippen LogP contribution in [0.15, 0.2) is 54.6 Å². The van der Waals surface area contributed by atoms with Gasteiger partial charge in [-0.15, -0.1) is 0 Å². The Morgan fingerprint density at radius 3 is 2.65 bits per heavy atom. The lowest BCUT2D eigenvalue weighted by Crippen LogP contribution is -2.05. The molecule has 0 unspecified atom stereocenters. The minimum Gasteiger partial charge on any atom is -0.489 e. The molecule has 5 heteroatoms. The zero-order valence-electron chi connectivity index (χ0n) is 12.5. The zero-order chi connectivity index (χ0) is 16.2. The molecule has 116 valence electrons. The van der Waals surface area contributed by atoms with Crippen LogP contribution < -0.4 is 10.1 Å². The fraction of sp³-hybridized carbons (Fsp3) is 0.111. The summed E-state index contributed by atoms with van der Waals surface area (Å²) in [5.41, 5.74) is 2.42. The predicted molar refractivity (Wildman–Crippen MR) is 91.8 cm³/mol. The minimum atomic E-state index is -0.104. The van der Waals surface area contributed by atoms with Gasteiger partial charge in [0.25, 0.3) is 0 Å². The maximum atomic E-state index is 11.0. The lowest BCUT2D eigenvalue weighted by atomic mass is 10.2. The van der Waals surface area contributed by atoms with Crippen molar-refractivity contribution in [2.75, 3.05) is 5.32 Å². The van der Waals surface area contributed by atoms with E-state index in [0.717, 1.165) is 22.2 Å². The number of hydrogen-bond donors (Lipinski definition) is 1. The van der Waals surface area contributed by atoms with Crippen molar-refractivity contribution in [2.45, 2.75) is 13.5 Å². The van der Waals surface area contributed by atoms with E-state index in [-0.39, 0.29) is 5.91 Å².